The van der Waals surface area contributed by atoms with Crippen LogP contribution in [0.2, 0.25) is 0 Å². The second-order valence-corrected chi connectivity index (χ2v) is 11.8. The predicted octanol–water partition coefficient (Wildman–Crippen LogP) is 11.1. The van der Waals surface area contributed by atoms with Crippen LogP contribution in [0.25, 0.3) is 0 Å². The van der Waals surface area contributed by atoms with E-state index in [1.807, 2.05) is 0 Å². The minimum Gasteiger partial charge on any atom is -0.0654 e. The summed E-state index contributed by atoms with van der Waals surface area (Å²) in [7, 11) is 0. The monoisotopic (exact) mass is 432 g/mol. The van der Waals surface area contributed by atoms with E-state index in [0.29, 0.717) is 0 Å². The Morgan fingerprint density at radius 1 is 0.516 bits per heavy atom. The molecular formula is C31H60. The van der Waals surface area contributed by atoms with Gasteiger partial charge in [0.25, 0.3) is 0 Å². The molecule has 31 heavy (non-hydrogen) atoms. The van der Waals surface area contributed by atoms with Gasteiger partial charge in [-0.2, -0.15) is 0 Å². The van der Waals surface area contributed by atoms with Gasteiger partial charge in [0.05, 0.1) is 0 Å². The quantitative estimate of drug-likeness (QED) is 0.158. The van der Waals surface area contributed by atoms with Gasteiger partial charge in [-0.25, -0.2) is 0 Å². The molecule has 0 bridgehead atoms. The van der Waals surface area contributed by atoms with E-state index in [0.717, 1.165) is 29.6 Å². The smallest absolute Gasteiger partial charge is 0.0360 e. The molecule has 0 aromatic carbocycles. The van der Waals surface area contributed by atoms with E-state index in [2.05, 4.69) is 20.8 Å². The molecule has 0 aromatic heterocycles. The summed E-state index contributed by atoms with van der Waals surface area (Å²) in [6.07, 6.45) is 34.5. The van der Waals surface area contributed by atoms with Gasteiger partial charge in [0.2, 0.25) is 0 Å². The van der Waals surface area contributed by atoms with Crippen molar-refractivity contribution in [1.82, 2.24) is 0 Å². The lowest BCUT2D eigenvalue weighted by molar-refractivity contribution is 0.201. The third-order valence-corrected chi connectivity index (χ3v) is 9.04. The molecule has 0 saturated heterocycles. The maximum absolute atomic E-state index is 2.64. The highest BCUT2D eigenvalue weighted by atomic mass is 14.4. The molecule has 0 aromatic rings. The highest BCUT2D eigenvalue weighted by Crippen LogP contribution is 2.50. The average molecular weight is 433 g/mol. The van der Waals surface area contributed by atoms with Crippen LogP contribution < -0.4 is 0 Å². The van der Waals surface area contributed by atoms with Crippen molar-refractivity contribution in [3.8, 4) is 0 Å². The summed E-state index contributed by atoms with van der Waals surface area (Å²) < 4.78 is 0. The van der Waals surface area contributed by atoms with Crippen LogP contribution in [0.15, 0.2) is 0 Å². The summed E-state index contributed by atoms with van der Waals surface area (Å²) in [5.74, 6) is 5.39. The highest BCUT2D eigenvalue weighted by molar-refractivity contribution is 4.90. The Hall–Kier alpha value is 0. The Kier molecular flexibility index (Phi) is 15.4. The first kappa shape index (κ1) is 27.2. The van der Waals surface area contributed by atoms with Crippen LogP contribution in [-0.4, -0.2) is 0 Å². The summed E-state index contributed by atoms with van der Waals surface area (Å²) in [6.45, 7) is 7.29. The molecule has 2 saturated carbocycles. The average Bonchev–Trinajstić information content (AvgIpc) is 3.52. The van der Waals surface area contributed by atoms with Crippen molar-refractivity contribution in [1.29, 1.82) is 0 Å². The van der Waals surface area contributed by atoms with Crippen molar-refractivity contribution < 1.29 is 0 Å². The zero-order valence-electron chi connectivity index (χ0n) is 22.2. The minimum atomic E-state index is 0.979. The van der Waals surface area contributed by atoms with Crippen LogP contribution in [0.1, 0.15) is 168 Å². The summed E-state index contributed by atoms with van der Waals surface area (Å²) in [6, 6.07) is 0. The first-order valence-electron chi connectivity index (χ1n) is 15.3. The molecule has 184 valence electrons. The molecule has 0 spiro atoms. The Bertz CT molecular complexity index is 395. The topological polar surface area (TPSA) is 0 Å². The van der Waals surface area contributed by atoms with Crippen LogP contribution in [0.4, 0.5) is 0 Å². The zero-order valence-corrected chi connectivity index (χ0v) is 22.2. The molecule has 0 nitrogen and oxygen atoms in total. The molecule has 4 atom stereocenters. The summed E-state index contributed by atoms with van der Waals surface area (Å²) in [5, 5.41) is 0. The lowest BCUT2D eigenvalue weighted by atomic mass is 9.75. The van der Waals surface area contributed by atoms with Gasteiger partial charge < -0.3 is 0 Å². The van der Waals surface area contributed by atoms with Gasteiger partial charge in [-0.3, -0.25) is 0 Å². The molecule has 2 rings (SSSR count). The van der Waals surface area contributed by atoms with Crippen molar-refractivity contribution >= 4 is 0 Å². The first-order chi connectivity index (χ1) is 15.3. The molecule has 0 N–H and O–H groups in total. The van der Waals surface area contributed by atoms with Gasteiger partial charge >= 0.3 is 0 Å². The van der Waals surface area contributed by atoms with E-state index in [1.54, 1.807) is 38.5 Å². The molecule has 2 fully saturated rings. The maximum atomic E-state index is 2.64. The van der Waals surface area contributed by atoms with E-state index in [-0.39, 0.29) is 0 Å². The SMILES string of the molecule is CCCCCCCCCCCCC(C)C(CCCCCCCC)C1CCC(C2CC2)C1. The Morgan fingerprint density at radius 2 is 0.968 bits per heavy atom. The summed E-state index contributed by atoms with van der Waals surface area (Å²) in [5.41, 5.74) is 0. The van der Waals surface area contributed by atoms with E-state index >= 15 is 0 Å². The Labute approximate surface area is 198 Å². The second-order valence-electron chi connectivity index (χ2n) is 11.8. The summed E-state index contributed by atoms with van der Waals surface area (Å²) in [4.78, 5) is 0. The number of hydrogen-bond acceptors (Lipinski definition) is 0. The van der Waals surface area contributed by atoms with Gasteiger partial charge in [0.15, 0.2) is 0 Å². The zero-order chi connectivity index (χ0) is 22.2. The molecule has 4 unspecified atom stereocenters. The Morgan fingerprint density at radius 3 is 1.48 bits per heavy atom. The van der Waals surface area contributed by atoms with Crippen molar-refractivity contribution in [2.45, 2.75) is 168 Å². The molecule has 0 aliphatic heterocycles. The van der Waals surface area contributed by atoms with Crippen LogP contribution >= 0.6 is 0 Å². The second kappa shape index (κ2) is 17.5. The molecule has 0 heterocycles. The van der Waals surface area contributed by atoms with E-state index < -0.39 is 0 Å². The van der Waals surface area contributed by atoms with Crippen LogP contribution in [0.5, 0.6) is 0 Å². The standard InChI is InChI=1S/C31H60/c1-4-6-8-10-12-13-14-15-16-18-20-27(3)31(21-19-17-11-9-7-5-2)30-25-24-29(26-30)28-22-23-28/h27-31H,4-26H2,1-3H3. The predicted molar refractivity (Wildman–Crippen MR) is 141 cm³/mol. The van der Waals surface area contributed by atoms with Crippen molar-refractivity contribution in [3.63, 3.8) is 0 Å². The molecule has 0 amide bonds. The fourth-order valence-electron chi connectivity index (χ4n) is 6.75. The first-order valence-corrected chi connectivity index (χ1v) is 15.3. The van der Waals surface area contributed by atoms with Gasteiger partial charge in [0.1, 0.15) is 0 Å². The molecule has 0 heteroatoms. The van der Waals surface area contributed by atoms with Crippen molar-refractivity contribution in [3.05, 3.63) is 0 Å². The van der Waals surface area contributed by atoms with Gasteiger partial charge in [-0.05, 0) is 68.1 Å². The van der Waals surface area contributed by atoms with Crippen LogP contribution in [0, 0.1) is 29.6 Å². The van der Waals surface area contributed by atoms with Gasteiger partial charge in [-0.15, -0.1) is 0 Å². The van der Waals surface area contributed by atoms with Crippen molar-refractivity contribution in [2.75, 3.05) is 0 Å². The number of unbranched alkanes of at least 4 members (excludes halogenated alkanes) is 14. The van der Waals surface area contributed by atoms with Gasteiger partial charge in [-0.1, -0.05) is 130 Å². The van der Waals surface area contributed by atoms with E-state index in [1.165, 1.54) is 109 Å². The number of rotatable bonds is 21. The molecule has 0 radical (unpaired) electrons. The minimum absolute atomic E-state index is 0.979. The fourth-order valence-corrected chi connectivity index (χ4v) is 6.75. The van der Waals surface area contributed by atoms with E-state index in [9.17, 15) is 0 Å². The van der Waals surface area contributed by atoms with Crippen molar-refractivity contribution in [2.24, 2.45) is 29.6 Å². The normalized spacial score (nSPS) is 23.3. The molecular weight excluding hydrogens is 372 g/mol. The largest absolute Gasteiger partial charge is 0.0654 e. The van der Waals surface area contributed by atoms with Gasteiger partial charge in [0, 0.05) is 0 Å². The Balaban J connectivity index is 1.60. The van der Waals surface area contributed by atoms with Crippen LogP contribution in [0.3, 0.4) is 0 Å². The lowest BCUT2D eigenvalue weighted by Crippen LogP contribution is -2.21. The lowest BCUT2D eigenvalue weighted by Gasteiger charge is -2.30. The van der Waals surface area contributed by atoms with E-state index in [4.69, 9.17) is 0 Å². The third-order valence-electron chi connectivity index (χ3n) is 9.04. The summed E-state index contributed by atoms with van der Waals surface area (Å²) >= 11 is 0. The molecule has 2 aliphatic carbocycles. The maximum Gasteiger partial charge on any atom is -0.0360 e. The highest BCUT2D eigenvalue weighted by Gasteiger charge is 2.39. The molecule has 2 aliphatic rings. The van der Waals surface area contributed by atoms with Crippen LogP contribution in [-0.2, 0) is 0 Å². The number of hydrogen-bond donors (Lipinski definition) is 0. The third kappa shape index (κ3) is 12.1. The fraction of sp³-hybridized carbons (Fsp3) is 1.00.